The molecule has 1 N–H and O–H groups in total. The minimum Gasteiger partial charge on any atom is -0.493 e. The van der Waals surface area contributed by atoms with Gasteiger partial charge in [0.05, 0.1) is 14.2 Å². The molecule has 6 nitrogen and oxygen atoms in total. The molecule has 8 heteroatoms. The number of amides is 1. The lowest BCUT2D eigenvalue weighted by Crippen LogP contribution is -2.29. The van der Waals surface area contributed by atoms with Crippen LogP contribution in [-0.2, 0) is 14.3 Å². The summed E-state index contributed by atoms with van der Waals surface area (Å²) in [6.07, 6.45) is 1.76. The molecule has 0 aliphatic rings. The Morgan fingerprint density at radius 3 is 2.25 bits per heavy atom. The quantitative estimate of drug-likeness (QED) is 0.520. The van der Waals surface area contributed by atoms with Gasteiger partial charge in [0, 0.05) is 21.8 Å². The van der Waals surface area contributed by atoms with Gasteiger partial charge in [-0.2, -0.15) is 0 Å². The summed E-state index contributed by atoms with van der Waals surface area (Å²) in [5, 5.41) is 3.35. The van der Waals surface area contributed by atoms with Crippen molar-refractivity contribution in [2.24, 2.45) is 0 Å². The summed E-state index contributed by atoms with van der Waals surface area (Å²) in [4.78, 5) is 24.2. The molecule has 148 valence electrons. The van der Waals surface area contributed by atoms with Crippen LogP contribution in [0, 0.1) is 0 Å². The van der Waals surface area contributed by atoms with E-state index >= 15 is 0 Å². The topological polar surface area (TPSA) is 73.9 Å². The van der Waals surface area contributed by atoms with Gasteiger partial charge in [-0.3, -0.25) is 4.79 Å². The number of halogens is 2. The normalized spacial score (nSPS) is 11.8. The van der Waals surface area contributed by atoms with Gasteiger partial charge in [0.25, 0.3) is 5.91 Å². The van der Waals surface area contributed by atoms with Crippen molar-refractivity contribution in [1.29, 1.82) is 0 Å². The molecule has 1 atom stereocenters. The molecular formula is C20H19Cl2NO5. The van der Waals surface area contributed by atoms with Crippen LogP contribution in [0.25, 0.3) is 6.08 Å². The van der Waals surface area contributed by atoms with Crippen LogP contribution in [0.5, 0.6) is 11.5 Å². The van der Waals surface area contributed by atoms with Crippen LogP contribution in [0.15, 0.2) is 42.5 Å². The van der Waals surface area contributed by atoms with Gasteiger partial charge in [0.2, 0.25) is 0 Å². The Kier molecular flexibility index (Phi) is 7.72. The highest BCUT2D eigenvalue weighted by Crippen LogP contribution is 2.28. The Bertz CT molecular complexity index is 878. The first-order valence-electron chi connectivity index (χ1n) is 8.20. The van der Waals surface area contributed by atoms with Gasteiger partial charge in [-0.05, 0) is 48.9 Å². The zero-order valence-corrected chi connectivity index (χ0v) is 17.0. The van der Waals surface area contributed by atoms with Crippen molar-refractivity contribution in [1.82, 2.24) is 0 Å². The summed E-state index contributed by atoms with van der Waals surface area (Å²) in [6.45, 7) is 1.46. The number of carbonyl (C=O) groups excluding carboxylic acids is 2. The van der Waals surface area contributed by atoms with Crippen LogP contribution in [0.1, 0.15) is 12.5 Å². The SMILES string of the molecule is COc1ccc(/C=C/C(=O)OC(C)C(=O)Nc2cc(Cl)cc(Cl)c2)cc1OC. The number of ether oxygens (including phenoxy) is 3. The monoisotopic (exact) mass is 423 g/mol. The number of hydrogen-bond acceptors (Lipinski definition) is 5. The summed E-state index contributed by atoms with van der Waals surface area (Å²) in [5.74, 6) is -0.0626. The Hall–Kier alpha value is -2.70. The minimum atomic E-state index is -1.01. The van der Waals surface area contributed by atoms with Gasteiger partial charge in [0.15, 0.2) is 17.6 Å². The Balaban J connectivity index is 1.96. The number of carbonyl (C=O) groups is 2. The van der Waals surface area contributed by atoms with Gasteiger partial charge in [0.1, 0.15) is 0 Å². The Morgan fingerprint density at radius 2 is 1.64 bits per heavy atom. The molecule has 0 saturated heterocycles. The molecule has 0 fully saturated rings. The van der Waals surface area contributed by atoms with Crippen molar-refractivity contribution in [2.45, 2.75) is 13.0 Å². The number of methoxy groups -OCH3 is 2. The number of hydrogen-bond donors (Lipinski definition) is 1. The van der Waals surface area contributed by atoms with Crippen LogP contribution in [0.3, 0.4) is 0 Å². The van der Waals surface area contributed by atoms with Crippen molar-refractivity contribution in [2.75, 3.05) is 19.5 Å². The van der Waals surface area contributed by atoms with Crippen LogP contribution in [0.2, 0.25) is 10.0 Å². The number of rotatable bonds is 7. The molecule has 0 radical (unpaired) electrons. The third kappa shape index (κ3) is 6.18. The van der Waals surface area contributed by atoms with E-state index in [1.54, 1.807) is 30.3 Å². The fourth-order valence-corrected chi connectivity index (χ4v) is 2.78. The third-order valence-corrected chi connectivity index (χ3v) is 4.05. The van der Waals surface area contributed by atoms with Gasteiger partial charge in [-0.25, -0.2) is 4.79 Å². The summed E-state index contributed by atoms with van der Waals surface area (Å²) in [6, 6.07) is 9.80. The van der Waals surface area contributed by atoms with E-state index in [9.17, 15) is 9.59 Å². The van der Waals surface area contributed by atoms with Crippen molar-refractivity contribution in [3.63, 3.8) is 0 Å². The Labute approximate surface area is 173 Å². The molecule has 1 amide bonds. The summed E-state index contributed by atoms with van der Waals surface area (Å²) >= 11 is 11.8. The van der Waals surface area contributed by atoms with E-state index in [-0.39, 0.29) is 0 Å². The fourth-order valence-electron chi connectivity index (χ4n) is 2.26. The second-order valence-corrected chi connectivity index (χ2v) is 6.55. The molecule has 2 aromatic rings. The van der Waals surface area contributed by atoms with Crippen molar-refractivity contribution in [3.05, 3.63) is 58.1 Å². The molecule has 2 rings (SSSR count). The summed E-state index contributed by atoms with van der Waals surface area (Å²) < 4.78 is 15.5. The van der Waals surface area contributed by atoms with E-state index in [0.717, 1.165) is 0 Å². The largest absolute Gasteiger partial charge is 0.493 e. The fraction of sp³-hybridized carbons (Fsp3) is 0.200. The highest BCUT2D eigenvalue weighted by molar-refractivity contribution is 6.35. The molecule has 0 saturated carbocycles. The van der Waals surface area contributed by atoms with Crippen molar-refractivity contribution in [3.8, 4) is 11.5 Å². The van der Waals surface area contributed by atoms with Gasteiger partial charge < -0.3 is 19.5 Å². The first-order chi connectivity index (χ1) is 13.3. The summed E-state index contributed by atoms with van der Waals surface area (Å²) in [5.41, 5.74) is 1.12. The highest BCUT2D eigenvalue weighted by atomic mass is 35.5. The molecule has 0 bridgehead atoms. The van der Waals surface area contributed by atoms with Crippen molar-refractivity contribution >= 4 is 46.8 Å². The second-order valence-electron chi connectivity index (χ2n) is 5.67. The zero-order chi connectivity index (χ0) is 20.7. The molecule has 0 aliphatic carbocycles. The zero-order valence-electron chi connectivity index (χ0n) is 15.5. The highest BCUT2D eigenvalue weighted by Gasteiger charge is 2.17. The van der Waals surface area contributed by atoms with Gasteiger partial charge >= 0.3 is 5.97 Å². The van der Waals surface area contributed by atoms with Crippen LogP contribution in [-0.4, -0.2) is 32.2 Å². The second kappa shape index (κ2) is 10.0. The number of anilines is 1. The standard InChI is InChI=1S/C20H19Cl2NO5/c1-12(20(25)23-16-10-14(21)9-15(22)11-16)28-19(24)7-5-13-4-6-17(26-2)18(8-13)27-3/h4-12H,1-3H3,(H,23,25)/b7-5+. The average molecular weight is 424 g/mol. The van der Waals surface area contributed by atoms with E-state index in [2.05, 4.69) is 5.32 Å². The van der Waals surface area contributed by atoms with E-state index in [1.807, 2.05) is 0 Å². The predicted molar refractivity (Wildman–Crippen MR) is 109 cm³/mol. The number of benzene rings is 2. The van der Waals surface area contributed by atoms with Crippen LogP contribution in [0.4, 0.5) is 5.69 Å². The minimum absolute atomic E-state index is 0.380. The predicted octanol–water partition coefficient (Wildman–Crippen LogP) is 4.59. The van der Waals surface area contributed by atoms with Crippen LogP contribution < -0.4 is 14.8 Å². The molecule has 0 heterocycles. The third-order valence-electron chi connectivity index (χ3n) is 3.61. The molecule has 28 heavy (non-hydrogen) atoms. The molecule has 1 unspecified atom stereocenters. The average Bonchev–Trinajstić information content (AvgIpc) is 2.65. The first-order valence-corrected chi connectivity index (χ1v) is 8.95. The number of esters is 1. The van der Waals surface area contributed by atoms with Gasteiger partial charge in [-0.1, -0.05) is 29.3 Å². The molecule has 0 spiro atoms. The van der Waals surface area contributed by atoms with Crippen LogP contribution >= 0.6 is 23.2 Å². The summed E-state index contributed by atoms with van der Waals surface area (Å²) in [7, 11) is 3.06. The lowest BCUT2D eigenvalue weighted by atomic mass is 10.2. The maximum Gasteiger partial charge on any atom is 0.331 e. The van der Waals surface area contributed by atoms with E-state index < -0.39 is 18.0 Å². The van der Waals surface area contributed by atoms with Crippen molar-refractivity contribution < 1.29 is 23.8 Å². The molecular weight excluding hydrogens is 405 g/mol. The molecule has 2 aromatic carbocycles. The van der Waals surface area contributed by atoms with Gasteiger partial charge in [-0.15, -0.1) is 0 Å². The lowest BCUT2D eigenvalue weighted by molar-refractivity contribution is -0.148. The number of nitrogens with one attached hydrogen (secondary N) is 1. The maximum absolute atomic E-state index is 12.2. The van der Waals surface area contributed by atoms with E-state index in [1.165, 1.54) is 39.4 Å². The maximum atomic E-state index is 12.2. The molecule has 0 aromatic heterocycles. The molecule has 0 aliphatic heterocycles. The first kappa shape index (κ1) is 21.6. The lowest BCUT2D eigenvalue weighted by Gasteiger charge is -2.13. The smallest absolute Gasteiger partial charge is 0.331 e. The van der Waals surface area contributed by atoms with E-state index in [0.29, 0.717) is 32.8 Å². The Morgan fingerprint density at radius 1 is 1.00 bits per heavy atom. The van der Waals surface area contributed by atoms with E-state index in [4.69, 9.17) is 37.4 Å².